The number of nitrogen functional groups attached to an aromatic ring is 1. The van der Waals surface area contributed by atoms with Crippen molar-refractivity contribution in [2.45, 2.75) is 32.7 Å². The summed E-state index contributed by atoms with van der Waals surface area (Å²) >= 11 is 0. The zero-order chi connectivity index (χ0) is 16.0. The minimum absolute atomic E-state index is 0.0290. The molecule has 0 saturated carbocycles. The van der Waals surface area contributed by atoms with E-state index in [2.05, 4.69) is 15.4 Å². The molecular formula is C15H23N3O3. The Hall–Kier alpha value is -2.24. The minimum Gasteiger partial charge on any atom is -0.465 e. The van der Waals surface area contributed by atoms with E-state index in [1.54, 1.807) is 18.2 Å². The second kappa shape index (κ2) is 6.97. The topological polar surface area (TPSA) is 93.4 Å². The highest BCUT2D eigenvalue weighted by atomic mass is 16.5. The van der Waals surface area contributed by atoms with Crippen molar-refractivity contribution in [1.82, 2.24) is 5.32 Å². The van der Waals surface area contributed by atoms with Crippen LogP contribution in [0.15, 0.2) is 18.2 Å². The Morgan fingerprint density at radius 1 is 1.29 bits per heavy atom. The highest BCUT2D eigenvalue weighted by Crippen LogP contribution is 2.18. The third-order valence-electron chi connectivity index (χ3n) is 2.65. The molecule has 0 saturated heterocycles. The first-order chi connectivity index (χ1) is 9.73. The fourth-order valence-electron chi connectivity index (χ4n) is 1.75. The quantitative estimate of drug-likeness (QED) is 0.568. The first-order valence-electron chi connectivity index (χ1n) is 6.75. The molecular weight excluding hydrogens is 270 g/mol. The van der Waals surface area contributed by atoms with E-state index in [4.69, 9.17) is 5.73 Å². The van der Waals surface area contributed by atoms with Crippen LogP contribution in [-0.2, 0) is 9.53 Å². The molecule has 0 aliphatic heterocycles. The number of carbonyl (C=O) groups is 2. The molecule has 1 aromatic carbocycles. The van der Waals surface area contributed by atoms with Crippen molar-refractivity contribution >= 4 is 23.3 Å². The third-order valence-corrected chi connectivity index (χ3v) is 2.65. The average Bonchev–Trinajstić information content (AvgIpc) is 2.37. The van der Waals surface area contributed by atoms with Gasteiger partial charge in [-0.25, -0.2) is 4.79 Å². The van der Waals surface area contributed by atoms with Crippen LogP contribution in [0.4, 0.5) is 11.4 Å². The van der Waals surface area contributed by atoms with Gasteiger partial charge in [-0.1, -0.05) is 0 Å². The number of carbonyl (C=O) groups excluding carboxylic acids is 2. The van der Waals surface area contributed by atoms with Gasteiger partial charge < -0.3 is 21.1 Å². The maximum absolute atomic E-state index is 11.7. The maximum Gasteiger partial charge on any atom is 0.340 e. The molecule has 0 aliphatic carbocycles. The molecule has 4 N–H and O–H groups in total. The summed E-state index contributed by atoms with van der Waals surface area (Å²) in [6.45, 7) is 6.26. The van der Waals surface area contributed by atoms with Gasteiger partial charge in [0.1, 0.15) is 0 Å². The molecule has 0 bridgehead atoms. The van der Waals surface area contributed by atoms with Gasteiger partial charge in [0.25, 0.3) is 0 Å². The number of hydrogen-bond acceptors (Lipinski definition) is 5. The van der Waals surface area contributed by atoms with Crippen LogP contribution in [0.1, 0.15) is 37.6 Å². The van der Waals surface area contributed by atoms with Crippen LogP contribution < -0.4 is 16.4 Å². The molecule has 6 nitrogen and oxygen atoms in total. The van der Waals surface area contributed by atoms with Gasteiger partial charge in [-0.15, -0.1) is 0 Å². The SMILES string of the molecule is COC(=O)c1cc(NCCC(=O)NC(C)(C)C)ccc1N. The molecule has 0 fully saturated rings. The first kappa shape index (κ1) is 16.8. The lowest BCUT2D eigenvalue weighted by molar-refractivity contribution is -0.122. The number of methoxy groups -OCH3 is 1. The molecule has 1 amide bonds. The second-order valence-electron chi connectivity index (χ2n) is 5.77. The molecule has 0 unspecified atom stereocenters. The summed E-state index contributed by atoms with van der Waals surface area (Å²) < 4.78 is 4.66. The monoisotopic (exact) mass is 293 g/mol. The third kappa shape index (κ3) is 5.72. The molecule has 0 aliphatic rings. The van der Waals surface area contributed by atoms with E-state index in [-0.39, 0.29) is 11.4 Å². The Labute approximate surface area is 125 Å². The van der Waals surface area contributed by atoms with Crippen LogP contribution in [0.2, 0.25) is 0 Å². The van der Waals surface area contributed by atoms with Crippen LogP contribution in [0, 0.1) is 0 Å². The first-order valence-corrected chi connectivity index (χ1v) is 6.75. The molecule has 0 aromatic heterocycles. The summed E-state index contributed by atoms with van der Waals surface area (Å²) in [5.41, 5.74) is 6.86. The van der Waals surface area contributed by atoms with Crippen LogP contribution in [0.5, 0.6) is 0 Å². The number of anilines is 2. The highest BCUT2D eigenvalue weighted by Gasteiger charge is 2.13. The summed E-state index contributed by atoms with van der Waals surface area (Å²) in [6.07, 6.45) is 0.342. The number of nitrogens with two attached hydrogens (primary N) is 1. The number of amides is 1. The van der Waals surface area contributed by atoms with Crippen molar-refractivity contribution in [2.75, 3.05) is 24.7 Å². The number of hydrogen-bond donors (Lipinski definition) is 3. The van der Waals surface area contributed by atoms with Crippen molar-refractivity contribution in [2.24, 2.45) is 0 Å². The molecule has 116 valence electrons. The lowest BCUT2D eigenvalue weighted by Crippen LogP contribution is -2.41. The Morgan fingerprint density at radius 2 is 1.95 bits per heavy atom. The smallest absolute Gasteiger partial charge is 0.340 e. The summed E-state index contributed by atoms with van der Waals surface area (Å²) in [4.78, 5) is 23.2. The highest BCUT2D eigenvalue weighted by molar-refractivity contribution is 5.96. The van der Waals surface area contributed by atoms with Crippen molar-refractivity contribution in [3.05, 3.63) is 23.8 Å². The average molecular weight is 293 g/mol. The van der Waals surface area contributed by atoms with Crippen molar-refractivity contribution < 1.29 is 14.3 Å². The van der Waals surface area contributed by atoms with E-state index in [1.165, 1.54) is 7.11 Å². The summed E-state index contributed by atoms with van der Waals surface area (Å²) in [5.74, 6) is -0.514. The van der Waals surface area contributed by atoms with E-state index < -0.39 is 5.97 Å². The van der Waals surface area contributed by atoms with Crippen molar-refractivity contribution in [1.29, 1.82) is 0 Å². The van der Waals surface area contributed by atoms with Crippen LogP contribution in [-0.4, -0.2) is 31.1 Å². The minimum atomic E-state index is -0.485. The molecule has 1 rings (SSSR count). The summed E-state index contributed by atoms with van der Waals surface area (Å²) in [7, 11) is 1.30. The summed E-state index contributed by atoms with van der Waals surface area (Å²) in [6, 6.07) is 5.00. The van der Waals surface area contributed by atoms with Gasteiger partial charge in [0.05, 0.1) is 12.7 Å². The van der Waals surface area contributed by atoms with Crippen LogP contribution in [0.3, 0.4) is 0 Å². The lowest BCUT2D eigenvalue weighted by atomic mass is 10.1. The van der Waals surface area contributed by atoms with E-state index in [9.17, 15) is 9.59 Å². The molecule has 6 heteroatoms. The largest absolute Gasteiger partial charge is 0.465 e. The van der Waals surface area contributed by atoms with Gasteiger partial charge in [-0.3, -0.25) is 4.79 Å². The van der Waals surface area contributed by atoms with Gasteiger partial charge in [-0.2, -0.15) is 0 Å². The lowest BCUT2D eigenvalue weighted by Gasteiger charge is -2.20. The van der Waals surface area contributed by atoms with E-state index in [0.717, 1.165) is 0 Å². The Balaban J connectivity index is 2.57. The fraction of sp³-hybridized carbons (Fsp3) is 0.467. The predicted octanol–water partition coefficient (Wildman–Crippen LogP) is 1.77. The summed E-state index contributed by atoms with van der Waals surface area (Å²) in [5, 5.41) is 5.96. The fourth-order valence-corrected chi connectivity index (χ4v) is 1.75. The van der Waals surface area contributed by atoms with Gasteiger partial charge >= 0.3 is 5.97 Å². The second-order valence-corrected chi connectivity index (χ2v) is 5.77. The van der Waals surface area contributed by atoms with Crippen LogP contribution >= 0.6 is 0 Å². The number of nitrogens with one attached hydrogen (secondary N) is 2. The van der Waals surface area contributed by atoms with Gasteiger partial charge in [-0.05, 0) is 39.0 Å². The molecule has 0 spiro atoms. The molecule has 21 heavy (non-hydrogen) atoms. The number of esters is 1. The molecule has 0 atom stereocenters. The Kier molecular flexibility index (Phi) is 5.58. The van der Waals surface area contributed by atoms with Gasteiger partial charge in [0.15, 0.2) is 0 Å². The van der Waals surface area contributed by atoms with Crippen molar-refractivity contribution in [3.63, 3.8) is 0 Å². The number of ether oxygens (including phenoxy) is 1. The van der Waals surface area contributed by atoms with Gasteiger partial charge in [0, 0.05) is 29.9 Å². The van der Waals surface area contributed by atoms with E-state index >= 15 is 0 Å². The van der Waals surface area contributed by atoms with E-state index in [1.807, 2.05) is 20.8 Å². The standard InChI is InChI=1S/C15H23N3O3/c1-15(2,3)18-13(19)7-8-17-10-5-6-12(16)11(9-10)14(20)21-4/h5-6,9,17H,7-8,16H2,1-4H3,(H,18,19). The normalized spacial score (nSPS) is 10.9. The molecule has 0 radical (unpaired) electrons. The molecule has 1 aromatic rings. The van der Waals surface area contributed by atoms with Crippen molar-refractivity contribution in [3.8, 4) is 0 Å². The van der Waals surface area contributed by atoms with Gasteiger partial charge in [0.2, 0.25) is 5.91 Å². The zero-order valence-corrected chi connectivity index (χ0v) is 12.9. The Bertz CT molecular complexity index is 521. The number of rotatable bonds is 5. The Morgan fingerprint density at radius 3 is 2.52 bits per heavy atom. The number of benzene rings is 1. The van der Waals surface area contributed by atoms with Crippen LogP contribution in [0.25, 0.3) is 0 Å². The zero-order valence-electron chi connectivity index (χ0n) is 12.9. The van der Waals surface area contributed by atoms with E-state index in [0.29, 0.717) is 29.9 Å². The maximum atomic E-state index is 11.7. The molecule has 0 heterocycles. The predicted molar refractivity (Wildman–Crippen MR) is 83.2 cm³/mol.